The Morgan fingerprint density at radius 2 is 1.92 bits per heavy atom. The Hall–Kier alpha value is -3.72. The molecule has 4 rings (SSSR count). The maximum atomic E-state index is 8.99. The minimum atomic E-state index is 0.602. The summed E-state index contributed by atoms with van der Waals surface area (Å²) in [5.41, 5.74) is 4.04. The van der Waals surface area contributed by atoms with Gasteiger partial charge in [-0.3, -0.25) is 0 Å². The number of aromatic nitrogens is 4. The van der Waals surface area contributed by atoms with Crippen molar-refractivity contribution in [1.29, 1.82) is 5.26 Å². The molecule has 0 saturated heterocycles. The van der Waals surface area contributed by atoms with Crippen LogP contribution in [0.4, 0.5) is 11.5 Å². The molecule has 0 fully saturated rings. The van der Waals surface area contributed by atoms with E-state index in [0.29, 0.717) is 11.4 Å². The van der Waals surface area contributed by atoms with E-state index in [0.717, 1.165) is 22.5 Å². The molecular formula is C18H12N6. The first-order valence-electron chi connectivity index (χ1n) is 7.37. The highest BCUT2D eigenvalue weighted by molar-refractivity contribution is 5.78. The van der Waals surface area contributed by atoms with Gasteiger partial charge in [-0.1, -0.05) is 12.1 Å². The summed E-state index contributed by atoms with van der Waals surface area (Å²) in [6, 6.07) is 19.0. The lowest BCUT2D eigenvalue weighted by Gasteiger charge is -2.07. The van der Waals surface area contributed by atoms with Gasteiger partial charge in [0.15, 0.2) is 0 Å². The lowest BCUT2D eigenvalue weighted by molar-refractivity contribution is 0.800. The Bertz CT molecular complexity index is 1060. The number of nitrogens with one attached hydrogen (secondary N) is 1. The van der Waals surface area contributed by atoms with Gasteiger partial charge in [-0.25, -0.2) is 4.98 Å². The quantitative estimate of drug-likeness (QED) is 0.627. The van der Waals surface area contributed by atoms with Crippen LogP contribution in [0.2, 0.25) is 0 Å². The second kappa shape index (κ2) is 5.82. The maximum absolute atomic E-state index is 8.99. The number of rotatable bonds is 3. The number of fused-ring (bicyclic) bond motifs is 1. The molecule has 6 nitrogen and oxygen atoms in total. The van der Waals surface area contributed by atoms with E-state index in [1.807, 2.05) is 42.5 Å². The van der Waals surface area contributed by atoms with Crippen LogP contribution in [0.25, 0.3) is 16.8 Å². The zero-order valence-electron chi connectivity index (χ0n) is 12.6. The Balaban J connectivity index is 1.70. The third-order valence-corrected chi connectivity index (χ3v) is 3.59. The summed E-state index contributed by atoms with van der Waals surface area (Å²) in [5.74, 6) is 0.700. The van der Waals surface area contributed by atoms with Gasteiger partial charge in [-0.2, -0.15) is 20.1 Å². The summed E-state index contributed by atoms with van der Waals surface area (Å²) in [5, 5.41) is 20.6. The molecule has 3 heterocycles. The molecular weight excluding hydrogens is 300 g/mol. The van der Waals surface area contributed by atoms with Crippen molar-refractivity contribution in [1.82, 2.24) is 19.8 Å². The highest BCUT2D eigenvalue weighted by atomic mass is 15.4. The standard InChI is InChI=1S/C18H12N6/c19-11-13-4-1-5-14(10-13)22-18-8-2-6-16(23-18)15-12-21-24-17(15)7-3-9-20-24/h1-10,12H,(H,22,23). The van der Waals surface area contributed by atoms with Gasteiger partial charge in [0, 0.05) is 17.4 Å². The van der Waals surface area contributed by atoms with Crippen molar-refractivity contribution in [2.75, 3.05) is 5.32 Å². The smallest absolute Gasteiger partial charge is 0.131 e. The molecule has 0 aliphatic carbocycles. The van der Waals surface area contributed by atoms with Crippen LogP contribution in [0.15, 0.2) is 67.0 Å². The number of hydrogen-bond acceptors (Lipinski definition) is 5. The van der Waals surface area contributed by atoms with Gasteiger partial charge in [0.2, 0.25) is 0 Å². The van der Waals surface area contributed by atoms with Crippen LogP contribution in [0.3, 0.4) is 0 Å². The predicted molar refractivity (Wildman–Crippen MR) is 90.7 cm³/mol. The van der Waals surface area contributed by atoms with E-state index in [1.165, 1.54) is 0 Å². The molecule has 4 aromatic rings. The molecule has 0 spiro atoms. The van der Waals surface area contributed by atoms with Crippen molar-refractivity contribution in [3.63, 3.8) is 0 Å². The third-order valence-electron chi connectivity index (χ3n) is 3.59. The van der Waals surface area contributed by atoms with Crippen molar-refractivity contribution < 1.29 is 0 Å². The number of pyridine rings is 1. The average molecular weight is 312 g/mol. The van der Waals surface area contributed by atoms with E-state index in [4.69, 9.17) is 5.26 Å². The molecule has 114 valence electrons. The van der Waals surface area contributed by atoms with E-state index in [-0.39, 0.29) is 0 Å². The first-order valence-corrected chi connectivity index (χ1v) is 7.37. The molecule has 3 aromatic heterocycles. The highest BCUT2D eigenvalue weighted by Gasteiger charge is 2.09. The van der Waals surface area contributed by atoms with E-state index >= 15 is 0 Å². The van der Waals surface area contributed by atoms with Crippen molar-refractivity contribution >= 4 is 17.0 Å². The Morgan fingerprint density at radius 1 is 1.00 bits per heavy atom. The van der Waals surface area contributed by atoms with Gasteiger partial charge in [0.25, 0.3) is 0 Å². The second-order valence-electron chi connectivity index (χ2n) is 5.18. The summed E-state index contributed by atoms with van der Waals surface area (Å²) >= 11 is 0. The normalized spacial score (nSPS) is 10.5. The van der Waals surface area contributed by atoms with Crippen LogP contribution in [-0.4, -0.2) is 19.8 Å². The van der Waals surface area contributed by atoms with E-state index in [2.05, 4.69) is 26.6 Å². The fraction of sp³-hybridized carbons (Fsp3) is 0. The van der Waals surface area contributed by atoms with E-state index in [1.54, 1.807) is 29.2 Å². The molecule has 6 heteroatoms. The average Bonchev–Trinajstić information content (AvgIpc) is 3.06. The topological polar surface area (TPSA) is 78.9 Å². The summed E-state index contributed by atoms with van der Waals surface area (Å²) in [6.07, 6.45) is 3.45. The van der Waals surface area contributed by atoms with E-state index < -0.39 is 0 Å². The molecule has 24 heavy (non-hydrogen) atoms. The van der Waals surface area contributed by atoms with Crippen LogP contribution in [-0.2, 0) is 0 Å². The maximum Gasteiger partial charge on any atom is 0.131 e. The summed E-state index contributed by atoms with van der Waals surface area (Å²) in [6.45, 7) is 0. The lowest BCUT2D eigenvalue weighted by Crippen LogP contribution is -1.95. The van der Waals surface area contributed by atoms with Gasteiger partial charge >= 0.3 is 0 Å². The molecule has 0 atom stereocenters. The zero-order valence-corrected chi connectivity index (χ0v) is 12.6. The van der Waals surface area contributed by atoms with Gasteiger partial charge in [-0.05, 0) is 42.5 Å². The molecule has 0 unspecified atom stereocenters. The SMILES string of the molecule is N#Cc1cccc(Nc2cccc(-c3cnn4ncccc34)n2)c1. The Labute approximate surface area is 138 Å². The zero-order chi connectivity index (χ0) is 16.4. The van der Waals surface area contributed by atoms with Gasteiger partial charge in [0.05, 0.1) is 29.0 Å². The molecule has 0 radical (unpaired) electrons. The number of nitrogens with zero attached hydrogens (tertiary/aromatic N) is 5. The Kier molecular flexibility index (Phi) is 3.37. The summed E-state index contributed by atoms with van der Waals surface area (Å²) < 4.78 is 1.58. The Morgan fingerprint density at radius 3 is 2.83 bits per heavy atom. The van der Waals surface area contributed by atoms with Crippen LogP contribution in [0.1, 0.15) is 5.56 Å². The fourth-order valence-electron chi connectivity index (χ4n) is 2.50. The highest BCUT2D eigenvalue weighted by Crippen LogP contribution is 2.24. The second-order valence-corrected chi connectivity index (χ2v) is 5.18. The van der Waals surface area contributed by atoms with Gasteiger partial charge in [-0.15, -0.1) is 0 Å². The van der Waals surface area contributed by atoms with Crippen molar-refractivity contribution in [2.45, 2.75) is 0 Å². The van der Waals surface area contributed by atoms with Crippen LogP contribution in [0.5, 0.6) is 0 Å². The monoisotopic (exact) mass is 312 g/mol. The third kappa shape index (κ3) is 2.55. The molecule has 0 bridgehead atoms. The van der Waals surface area contributed by atoms with Crippen molar-refractivity contribution in [2.24, 2.45) is 0 Å². The number of benzene rings is 1. The minimum Gasteiger partial charge on any atom is -0.340 e. The summed E-state index contributed by atoms with van der Waals surface area (Å²) in [4.78, 5) is 4.64. The largest absolute Gasteiger partial charge is 0.340 e. The number of nitriles is 1. The fourth-order valence-corrected chi connectivity index (χ4v) is 2.50. The van der Waals surface area contributed by atoms with Crippen molar-refractivity contribution in [3.05, 3.63) is 72.6 Å². The van der Waals surface area contributed by atoms with Crippen molar-refractivity contribution in [3.8, 4) is 17.3 Å². The molecule has 0 saturated carbocycles. The number of anilines is 2. The van der Waals surface area contributed by atoms with Crippen LogP contribution >= 0.6 is 0 Å². The molecule has 1 aromatic carbocycles. The van der Waals surface area contributed by atoms with E-state index in [9.17, 15) is 0 Å². The molecule has 0 amide bonds. The first-order chi connectivity index (χ1) is 11.8. The van der Waals surface area contributed by atoms with Crippen LogP contribution < -0.4 is 5.32 Å². The van der Waals surface area contributed by atoms with Crippen LogP contribution in [0, 0.1) is 11.3 Å². The molecule has 0 aliphatic rings. The minimum absolute atomic E-state index is 0.602. The molecule has 0 aliphatic heterocycles. The predicted octanol–water partition coefficient (Wildman–Crippen LogP) is 3.41. The lowest BCUT2D eigenvalue weighted by atomic mass is 10.2. The summed E-state index contributed by atoms with van der Waals surface area (Å²) in [7, 11) is 0. The number of hydrogen-bond donors (Lipinski definition) is 1. The van der Waals surface area contributed by atoms with Gasteiger partial charge < -0.3 is 5.32 Å². The first kappa shape index (κ1) is 13.9. The van der Waals surface area contributed by atoms with Gasteiger partial charge in [0.1, 0.15) is 5.82 Å². The molecule has 1 N–H and O–H groups in total.